The van der Waals surface area contributed by atoms with E-state index in [1.807, 2.05) is 18.2 Å². The molecule has 2 aromatic carbocycles. The average molecular weight is 464 g/mol. The van der Waals surface area contributed by atoms with Crippen LogP contribution in [-0.4, -0.2) is 54.8 Å². The van der Waals surface area contributed by atoms with Crippen molar-refractivity contribution in [3.05, 3.63) is 59.2 Å². The van der Waals surface area contributed by atoms with Crippen LogP contribution in [0.5, 0.6) is 5.75 Å². The molecule has 2 amide bonds. The highest BCUT2D eigenvalue weighted by molar-refractivity contribution is 6.01. The van der Waals surface area contributed by atoms with E-state index in [-0.39, 0.29) is 24.2 Å². The highest BCUT2D eigenvalue weighted by Gasteiger charge is 2.26. The molecule has 4 rings (SSSR count). The molecule has 1 atom stereocenters. The van der Waals surface area contributed by atoms with Gasteiger partial charge in [0.2, 0.25) is 0 Å². The van der Waals surface area contributed by atoms with E-state index in [9.17, 15) is 14.4 Å². The highest BCUT2D eigenvalue weighted by Crippen LogP contribution is 2.34. The Labute approximate surface area is 201 Å². The predicted octanol–water partition coefficient (Wildman–Crippen LogP) is 3.81. The van der Waals surface area contributed by atoms with Crippen molar-refractivity contribution < 1.29 is 19.1 Å². The molecule has 180 valence electrons. The van der Waals surface area contributed by atoms with Crippen LogP contribution < -0.4 is 15.0 Å². The molecule has 2 aliphatic rings. The third-order valence-corrected chi connectivity index (χ3v) is 6.69. The van der Waals surface area contributed by atoms with E-state index in [0.717, 1.165) is 25.1 Å². The second kappa shape index (κ2) is 10.8. The predicted molar refractivity (Wildman–Crippen MR) is 131 cm³/mol. The Hall–Kier alpha value is -3.19. The summed E-state index contributed by atoms with van der Waals surface area (Å²) >= 11 is 0. The van der Waals surface area contributed by atoms with Crippen LogP contribution in [-0.2, 0) is 11.3 Å². The van der Waals surface area contributed by atoms with E-state index >= 15 is 0 Å². The Kier molecular flexibility index (Phi) is 7.63. The van der Waals surface area contributed by atoms with Crippen LogP contribution in [0.1, 0.15) is 65.8 Å². The van der Waals surface area contributed by atoms with Gasteiger partial charge in [0.05, 0.1) is 12.2 Å². The number of rotatable bonds is 8. The molecule has 7 heteroatoms. The number of nitrogens with zero attached hydrogens (tertiary/aromatic N) is 2. The van der Waals surface area contributed by atoms with Crippen molar-refractivity contribution in [3.63, 3.8) is 0 Å². The van der Waals surface area contributed by atoms with E-state index < -0.39 is 0 Å². The SMILES string of the molecule is CC(=O)c1ccc2c(c1)N(Cc1cccc(C(=O)NCCCN3CCCC[C@@H]3C)c1)C(=O)CO2. The number of Topliss-reactive ketones (excluding diaryl/α,β-unsaturated/α-hetero) is 1. The zero-order valence-electron chi connectivity index (χ0n) is 20.0. The number of hydrogen-bond donors (Lipinski definition) is 1. The van der Waals surface area contributed by atoms with Crippen LogP contribution in [0.4, 0.5) is 5.69 Å². The van der Waals surface area contributed by atoms with Gasteiger partial charge in [-0.05, 0) is 75.5 Å². The minimum Gasteiger partial charge on any atom is -0.482 e. The Bertz CT molecular complexity index is 1070. The summed E-state index contributed by atoms with van der Waals surface area (Å²) in [6.07, 6.45) is 4.75. The van der Waals surface area contributed by atoms with Crippen molar-refractivity contribution in [2.45, 2.75) is 52.1 Å². The number of nitrogens with one attached hydrogen (secondary N) is 1. The molecule has 7 nitrogen and oxygen atoms in total. The zero-order valence-corrected chi connectivity index (χ0v) is 20.0. The summed E-state index contributed by atoms with van der Waals surface area (Å²) in [5, 5.41) is 3.02. The van der Waals surface area contributed by atoms with Gasteiger partial charge in [-0.3, -0.25) is 14.4 Å². The molecule has 1 fully saturated rings. The largest absolute Gasteiger partial charge is 0.482 e. The third-order valence-electron chi connectivity index (χ3n) is 6.69. The van der Waals surface area contributed by atoms with Crippen LogP contribution in [0, 0.1) is 0 Å². The van der Waals surface area contributed by atoms with Crippen molar-refractivity contribution in [1.29, 1.82) is 0 Å². The topological polar surface area (TPSA) is 79.0 Å². The fourth-order valence-corrected chi connectivity index (χ4v) is 4.66. The van der Waals surface area contributed by atoms with E-state index in [2.05, 4.69) is 17.1 Å². The van der Waals surface area contributed by atoms with Crippen LogP contribution >= 0.6 is 0 Å². The summed E-state index contributed by atoms with van der Waals surface area (Å²) in [6, 6.07) is 13.1. The number of carbonyl (C=O) groups excluding carboxylic acids is 3. The summed E-state index contributed by atoms with van der Waals surface area (Å²) in [6.45, 7) is 6.80. The molecule has 0 aliphatic carbocycles. The van der Waals surface area contributed by atoms with Gasteiger partial charge in [-0.25, -0.2) is 0 Å². The first-order chi connectivity index (χ1) is 16.4. The molecule has 0 saturated carbocycles. The van der Waals surface area contributed by atoms with E-state index in [1.54, 1.807) is 29.2 Å². The number of hydrogen-bond acceptors (Lipinski definition) is 5. The van der Waals surface area contributed by atoms with Gasteiger partial charge in [0.1, 0.15) is 5.75 Å². The average Bonchev–Trinajstić information content (AvgIpc) is 2.84. The van der Waals surface area contributed by atoms with Crippen LogP contribution in [0.25, 0.3) is 0 Å². The second-order valence-electron chi connectivity index (χ2n) is 9.20. The quantitative estimate of drug-likeness (QED) is 0.476. The molecule has 1 saturated heterocycles. The van der Waals surface area contributed by atoms with Crippen molar-refractivity contribution in [2.75, 3.05) is 31.1 Å². The normalized spacial score (nSPS) is 18.2. The minimum atomic E-state index is -0.185. The maximum atomic E-state index is 12.7. The first kappa shape index (κ1) is 24.0. The summed E-state index contributed by atoms with van der Waals surface area (Å²) < 4.78 is 5.54. The zero-order chi connectivity index (χ0) is 24.1. The van der Waals surface area contributed by atoms with Gasteiger partial charge in [0.25, 0.3) is 11.8 Å². The Balaban J connectivity index is 1.38. The fourth-order valence-electron chi connectivity index (χ4n) is 4.66. The number of fused-ring (bicyclic) bond motifs is 1. The van der Waals surface area contributed by atoms with Crippen LogP contribution in [0.15, 0.2) is 42.5 Å². The van der Waals surface area contributed by atoms with Crippen LogP contribution in [0.3, 0.4) is 0 Å². The summed E-state index contributed by atoms with van der Waals surface area (Å²) in [4.78, 5) is 41.3. The van der Waals surface area contributed by atoms with Gasteiger partial charge in [0.15, 0.2) is 12.4 Å². The Morgan fingerprint density at radius 3 is 2.76 bits per heavy atom. The maximum Gasteiger partial charge on any atom is 0.265 e. The lowest BCUT2D eigenvalue weighted by Crippen LogP contribution is -2.39. The first-order valence-electron chi connectivity index (χ1n) is 12.1. The maximum absolute atomic E-state index is 12.7. The lowest BCUT2D eigenvalue weighted by Gasteiger charge is -2.33. The molecule has 0 bridgehead atoms. The molecular weight excluding hydrogens is 430 g/mol. The molecule has 2 aromatic rings. The molecule has 0 unspecified atom stereocenters. The molecule has 1 N–H and O–H groups in total. The van der Waals surface area contributed by atoms with E-state index in [1.165, 1.54) is 26.2 Å². The smallest absolute Gasteiger partial charge is 0.265 e. The summed E-state index contributed by atoms with van der Waals surface area (Å²) in [5.41, 5.74) is 2.51. The van der Waals surface area contributed by atoms with Gasteiger partial charge >= 0.3 is 0 Å². The van der Waals surface area contributed by atoms with Gasteiger partial charge in [-0.1, -0.05) is 18.6 Å². The molecule has 2 heterocycles. The van der Waals surface area contributed by atoms with Gasteiger partial charge in [-0.15, -0.1) is 0 Å². The highest BCUT2D eigenvalue weighted by atomic mass is 16.5. The Morgan fingerprint density at radius 1 is 1.12 bits per heavy atom. The molecule has 0 radical (unpaired) electrons. The Morgan fingerprint density at radius 2 is 1.97 bits per heavy atom. The van der Waals surface area contributed by atoms with E-state index in [0.29, 0.717) is 41.7 Å². The number of likely N-dealkylation sites (tertiary alicyclic amines) is 1. The van der Waals surface area contributed by atoms with Crippen molar-refractivity contribution >= 4 is 23.3 Å². The number of carbonyl (C=O) groups is 3. The van der Waals surface area contributed by atoms with Gasteiger partial charge in [0, 0.05) is 30.3 Å². The van der Waals surface area contributed by atoms with Gasteiger partial charge in [-0.2, -0.15) is 0 Å². The first-order valence-corrected chi connectivity index (χ1v) is 12.1. The monoisotopic (exact) mass is 463 g/mol. The molecule has 2 aliphatic heterocycles. The number of piperidine rings is 1. The lowest BCUT2D eigenvalue weighted by atomic mass is 10.0. The third kappa shape index (κ3) is 5.65. The number of amides is 2. The standard InChI is InChI=1S/C27H33N3O4/c1-19-7-3-4-13-29(19)14-6-12-28-27(33)23-9-5-8-21(15-23)17-30-24-16-22(20(2)31)10-11-25(24)34-18-26(30)32/h5,8-11,15-16,19H,3-4,6-7,12-14,17-18H2,1-2H3,(H,28,33)/t19-/m0/s1. The molecular formula is C27H33N3O4. The number of ether oxygens (including phenoxy) is 1. The molecule has 0 aromatic heterocycles. The van der Waals surface area contributed by atoms with E-state index in [4.69, 9.17) is 4.74 Å². The second-order valence-corrected chi connectivity index (χ2v) is 9.20. The van der Waals surface area contributed by atoms with Crippen molar-refractivity contribution in [2.24, 2.45) is 0 Å². The number of benzene rings is 2. The number of ketones is 1. The lowest BCUT2D eigenvalue weighted by molar-refractivity contribution is -0.121. The van der Waals surface area contributed by atoms with Crippen LogP contribution in [0.2, 0.25) is 0 Å². The molecule has 0 spiro atoms. The fraction of sp³-hybridized carbons (Fsp3) is 0.444. The summed E-state index contributed by atoms with van der Waals surface area (Å²) in [7, 11) is 0. The van der Waals surface area contributed by atoms with Gasteiger partial charge < -0.3 is 19.9 Å². The minimum absolute atomic E-state index is 0.0533. The summed E-state index contributed by atoms with van der Waals surface area (Å²) in [5.74, 6) is 0.201. The molecule has 34 heavy (non-hydrogen) atoms. The van der Waals surface area contributed by atoms with Crippen molar-refractivity contribution in [1.82, 2.24) is 10.2 Å². The number of anilines is 1. The van der Waals surface area contributed by atoms with Crippen molar-refractivity contribution in [3.8, 4) is 5.75 Å².